The maximum atomic E-state index is 14.3. The molecular formula is C37H53F2N5O7S2. The van der Waals surface area contributed by atoms with Crippen molar-refractivity contribution >= 4 is 42.8 Å². The number of carbonyl (C=O) groups is 1. The van der Waals surface area contributed by atoms with Gasteiger partial charge in [0.25, 0.3) is 0 Å². The summed E-state index contributed by atoms with van der Waals surface area (Å²) in [6.07, 6.45) is -2.91. The lowest BCUT2D eigenvalue weighted by atomic mass is 9.91. The van der Waals surface area contributed by atoms with Gasteiger partial charge in [-0.05, 0) is 80.5 Å². The van der Waals surface area contributed by atoms with Gasteiger partial charge < -0.3 is 35.3 Å². The number of aliphatic hydroxyl groups is 1. The van der Waals surface area contributed by atoms with E-state index < -0.39 is 58.8 Å². The molecule has 0 spiro atoms. The fraction of sp³-hybridized carbons (Fsp3) is 0.622. The molecule has 12 nitrogen and oxygen atoms in total. The standard InChI is InChI=1S/C37H53F2N5O7S2/c1-21(2)17-44(53(47,48)26-8-9-27-32(16-26)52-35(42-27)41-22(3)4)18-30(45)28(14-23-12-24(38)15-25(39)13-23)43-36(46)51-31-20-50-34-33(31)29(19-49-34)40-11-10-37(5,6)7/h8-9,12-13,15-16,21-22,28-31,33-34,40,45H,10-11,14,17-20H2,1-7H3,(H,41,42)(H,43,46)/t28-,29-,30+,31-,33-,34+/m0/s1. The number of rotatable bonds is 16. The van der Waals surface area contributed by atoms with Gasteiger partial charge in [0.05, 0.1) is 46.4 Å². The zero-order valence-electron chi connectivity index (χ0n) is 31.4. The molecule has 53 heavy (non-hydrogen) atoms. The van der Waals surface area contributed by atoms with E-state index in [0.717, 1.165) is 31.2 Å². The number of ether oxygens (including phenoxy) is 3. The van der Waals surface area contributed by atoms with Crippen LogP contribution in [0.15, 0.2) is 41.3 Å². The number of alkyl carbamates (subject to hydrolysis) is 1. The zero-order valence-corrected chi connectivity index (χ0v) is 33.0. The first-order valence-corrected chi connectivity index (χ1v) is 20.4. The van der Waals surface area contributed by atoms with E-state index in [1.807, 2.05) is 27.7 Å². The monoisotopic (exact) mass is 781 g/mol. The van der Waals surface area contributed by atoms with Crippen molar-refractivity contribution in [2.24, 2.45) is 17.3 Å². The van der Waals surface area contributed by atoms with E-state index in [2.05, 4.69) is 41.7 Å². The van der Waals surface area contributed by atoms with Gasteiger partial charge in [-0.2, -0.15) is 4.31 Å². The highest BCUT2D eigenvalue weighted by atomic mass is 32.2. The Morgan fingerprint density at radius 2 is 1.77 bits per heavy atom. The van der Waals surface area contributed by atoms with Crippen LogP contribution in [0.2, 0.25) is 0 Å². The van der Waals surface area contributed by atoms with Crippen molar-refractivity contribution in [3.8, 4) is 0 Å². The van der Waals surface area contributed by atoms with Crippen LogP contribution < -0.4 is 16.0 Å². The number of nitrogens with one attached hydrogen (secondary N) is 3. The van der Waals surface area contributed by atoms with E-state index in [1.54, 1.807) is 12.1 Å². The summed E-state index contributed by atoms with van der Waals surface area (Å²) in [6, 6.07) is 6.44. The summed E-state index contributed by atoms with van der Waals surface area (Å²) in [5, 5.41) is 21.8. The lowest BCUT2D eigenvalue weighted by Gasteiger charge is -2.31. The van der Waals surface area contributed by atoms with Crippen LogP contribution in [-0.4, -0.2) is 98.4 Å². The number of aromatic nitrogens is 1. The number of benzene rings is 2. The van der Waals surface area contributed by atoms with E-state index in [0.29, 0.717) is 22.0 Å². The normalized spacial score (nSPS) is 21.8. The molecule has 3 heterocycles. The number of thiazole rings is 1. The molecule has 1 amide bonds. The van der Waals surface area contributed by atoms with E-state index in [1.165, 1.54) is 21.7 Å². The van der Waals surface area contributed by atoms with E-state index in [4.69, 9.17) is 14.2 Å². The number of amides is 1. The Labute approximate surface area is 315 Å². The second-order valence-electron chi connectivity index (χ2n) is 15.9. The first kappa shape index (κ1) is 41.2. The van der Waals surface area contributed by atoms with Gasteiger partial charge in [0.15, 0.2) is 11.4 Å². The number of sulfonamides is 1. The van der Waals surface area contributed by atoms with Gasteiger partial charge >= 0.3 is 6.09 Å². The molecule has 5 rings (SSSR count). The van der Waals surface area contributed by atoms with Crippen LogP contribution in [0.4, 0.5) is 18.7 Å². The van der Waals surface area contributed by atoms with Gasteiger partial charge in [-0.15, -0.1) is 0 Å². The summed E-state index contributed by atoms with van der Waals surface area (Å²) in [5.41, 5.74) is 0.929. The molecule has 16 heteroatoms. The number of hydrogen-bond acceptors (Lipinski definition) is 11. The third-order valence-electron chi connectivity index (χ3n) is 9.13. The number of halogens is 2. The highest BCUT2D eigenvalue weighted by Gasteiger charge is 2.50. The van der Waals surface area contributed by atoms with E-state index in [-0.39, 0.29) is 59.4 Å². The molecule has 0 radical (unpaired) electrons. The minimum absolute atomic E-state index is 0.0222. The Hall–Kier alpha value is -2.99. The lowest BCUT2D eigenvalue weighted by molar-refractivity contribution is -0.0908. The molecule has 2 saturated heterocycles. The zero-order chi connectivity index (χ0) is 38.7. The fourth-order valence-electron chi connectivity index (χ4n) is 6.57. The predicted molar refractivity (Wildman–Crippen MR) is 200 cm³/mol. The molecule has 3 aromatic rings. The van der Waals surface area contributed by atoms with Crippen molar-refractivity contribution in [1.29, 1.82) is 0 Å². The topological polar surface area (TPSA) is 151 Å². The summed E-state index contributed by atoms with van der Waals surface area (Å²) in [5.74, 6) is -2.06. The molecule has 4 N–H and O–H groups in total. The molecule has 1 aromatic heterocycles. The van der Waals surface area contributed by atoms with Gasteiger partial charge in [-0.1, -0.05) is 46.0 Å². The summed E-state index contributed by atoms with van der Waals surface area (Å²) in [4.78, 5) is 18.1. The smallest absolute Gasteiger partial charge is 0.407 e. The predicted octanol–water partition coefficient (Wildman–Crippen LogP) is 5.51. The molecule has 2 aliphatic heterocycles. The highest BCUT2D eigenvalue weighted by Crippen LogP contribution is 2.34. The Kier molecular flexibility index (Phi) is 13.4. The highest BCUT2D eigenvalue weighted by molar-refractivity contribution is 7.89. The van der Waals surface area contributed by atoms with Crippen LogP contribution in [-0.2, 0) is 30.7 Å². The first-order chi connectivity index (χ1) is 24.9. The van der Waals surface area contributed by atoms with Crippen LogP contribution in [0, 0.1) is 28.9 Å². The number of nitrogens with zero attached hydrogens (tertiary/aromatic N) is 2. The molecule has 0 bridgehead atoms. The van der Waals surface area contributed by atoms with Gasteiger partial charge in [0.2, 0.25) is 10.0 Å². The molecular weight excluding hydrogens is 729 g/mol. The third-order valence-corrected chi connectivity index (χ3v) is 11.9. The molecule has 2 aliphatic rings. The molecule has 6 atom stereocenters. The van der Waals surface area contributed by atoms with Gasteiger partial charge in [0.1, 0.15) is 17.7 Å². The third kappa shape index (κ3) is 11.0. The minimum atomic E-state index is -4.17. The Morgan fingerprint density at radius 3 is 2.43 bits per heavy atom. The SMILES string of the molecule is CC(C)CN(C[C@@H](O)[C@H](Cc1cc(F)cc(F)c1)NC(=O)O[C@H]1CO[C@H]2OC[C@H](NCCC(C)(C)C)[C@H]21)S(=O)(=O)c1ccc2nc(NC(C)C)sc2c1. The second kappa shape index (κ2) is 17.2. The largest absolute Gasteiger partial charge is 0.443 e. The van der Waals surface area contributed by atoms with Crippen molar-refractivity contribution in [3.05, 3.63) is 53.6 Å². The fourth-order valence-corrected chi connectivity index (χ4v) is 9.34. The summed E-state index contributed by atoms with van der Waals surface area (Å²) < 4.78 is 76.1. The number of fused-ring (bicyclic) bond motifs is 2. The number of aliphatic hydroxyl groups excluding tert-OH is 1. The number of hydrogen-bond donors (Lipinski definition) is 4. The van der Waals surface area contributed by atoms with Gasteiger partial charge in [-0.3, -0.25) is 0 Å². The molecule has 2 fully saturated rings. The van der Waals surface area contributed by atoms with E-state index in [9.17, 15) is 27.1 Å². The number of carbonyl (C=O) groups excluding carboxylic acids is 1. The molecule has 2 aromatic carbocycles. The first-order valence-electron chi connectivity index (χ1n) is 18.1. The average Bonchev–Trinajstić information content (AvgIpc) is 3.74. The van der Waals surface area contributed by atoms with Crippen molar-refractivity contribution in [2.45, 2.75) is 103 Å². The van der Waals surface area contributed by atoms with Crippen LogP contribution in [0.1, 0.15) is 60.5 Å². The quantitative estimate of drug-likeness (QED) is 0.147. The number of anilines is 1. The molecule has 0 saturated carbocycles. The summed E-state index contributed by atoms with van der Waals surface area (Å²) >= 11 is 1.34. The lowest BCUT2D eigenvalue weighted by Crippen LogP contribution is -2.52. The molecule has 294 valence electrons. The van der Waals surface area contributed by atoms with Crippen molar-refractivity contribution in [1.82, 2.24) is 19.9 Å². The van der Waals surface area contributed by atoms with Gasteiger partial charge in [-0.25, -0.2) is 27.0 Å². The van der Waals surface area contributed by atoms with Gasteiger partial charge in [0, 0.05) is 31.2 Å². The van der Waals surface area contributed by atoms with Crippen LogP contribution in [0.25, 0.3) is 10.2 Å². The minimum Gasteiger partial charge on any atom is -0.443 e. The van der Waals surface area contributed by atoms with Crippen LogP contribution in [0.5, 0.6) is 0 Å². The van der Waals surface area contributed by atoms with Crippen molar-refractivity contribution < 1.29 is 41.3 Å². The van der Waals surface area contributed by atoms with E-state index >= 15 is 0 Å². The van der Waals surface area contributed by atoms with Crippen LogP contribution >= 0.6 is 11.3 Å². The Bertz CT molecular complexity index is 1800. The maximum absolute atomic E-state index is 14.3. The average molecular weight is 782 g/mol. The Morgan fingerprint density at radius 1 is 1.08 bits per heavy atom. The Balaban J connectivity index is 1.35. The maximum Gasteiger partial charge on any atom is 0.407 e. The van der Waals surface area contributed by atoms with Crippen LogP contribution in [0.3, 0.4) is 0 Å². The second-order valence-corrected chi connectivity index (χ2v) is 18.9. The summed E-state index contributed by atoms with van der Waals surface area (Å²) in [7, 11) is -4.17. The summed E-state index contributed by atoms with van der Waals surface area (Å²) in [6.45, 7) is 15.0. The van der Waals surface area contributed by atoms with Crippen molar-refractivity contribution in [3.63, 3.8) is 0 Å². The van der Waals surface area contributed by atoms with Crippen molar-refractivity contribution in [2.75, 3.05) is 38.2 Å². The molecule has 0 unspecified atom stereocenters. The molecule has 0 aliphatic carbocycles.